The van der Waals surface area contributed by atoms with Gasteiger partial charge in [0.25, 0.3) is 6.43 Å². The topological polar surface area (TPSA) is 39.2 Å². The van der Waals surface area contributed by atoms with Crippen LogP contribution in [0.2, 0.25) is 0 Å². The second-order valence-corrected chi connectivity index (χ2v) is 3.69. The third kappa shape index (κ3) is 2.94. The molecule has 0 aliphatic rings. The Hall–Kier alpha value is -1.11. The minimum Gasteiger partial charge on any atom is -0.469 e. The zero-order chi connectivity index (χ0) is 12.3. The van der Waals surface area contributed by atoms with Crippen molar-refractivity contribution in [3.63, 3.8) is 0 Å². The third-order valence-corrected chi connectivity index (χ3v) is 2.41. The van der Waals surface area contributed by atoms with Gasteiger partial charge >= 0.3 is 5.97 Å². The molecule has 0 aliphatic heterocycles. The summed E-state index contributed by atoms with van der Waals surface area (Å²) in [4.78, 5) is 14.3. The quantitative estimate of drug-likeness (QED) is 0.805. The summed E-state index contributed by atoms with van der Waals surface area (Å²) >= 11 is 2.77. The number of aromatic nitrogens is 1. The molecule has 0 bridgehead atoms. The highest BCUT2D eigenvalue weighted by atomic mass is 79.9. The van der Waals surface area contributed by atoms with Crippen molar-refractivity contribution < 1.29 is 22.7 Å². The number of halogens is 4. The van der Waals surface area contributed by atoms with E-state index in [1.165, 1.54) is 0 Å². The van der Waals surface area contributed by atoms with Crippen molar-refractivity contribution in [1.82, 2.24) is 4.98 Å². The summed E-state index contributed by atoms with van der Waals surface area (Å²) in [5.74, 6) is -1.57. The first-order valence-corrected chi connectivity index (χ1v) is 4.94. The Bertz CT molecular complexity index is 412. The van der Waals surface area contributed by atoms with Gasteiger partial charge in [-0.3, -0.25) is 4.79 Å². The lowest BCUT2D eigenvalue weighted by atomic mass is 10.2. The lowest BCUT2D eigenvalue weighted by molar-refractivity contribution is -0.139. The van der Waals surface area contributed by atoms with Crippen molar-refractivity contribution >= 4 is 21.9 Å². The van der Waals surface area contributed by atoms with Gasteiger partial charge in [0.15, 0.2) is 0 Å². The van der Waals surface area contributed by atoms with Crippen LogP contribution < -0.4 is 0 Å². The Labute approximate surface area is 97.8 Å². The third-order valence-electron chi connectivity index (χ3n) is 1.78. The molecule has 0 N–H and O–H groups in total. The molecule has 16 heavy (non-hydrogen) atoms. The fraction of sp³-hybridized carbons (Fsp3) is 0.333. The lowest BCUT2D eigenvalue weighted by Crippen LogP contribution is -2.10. The minimum atomic E-state index is -2.84. The number of ether oxygens (including phenoxy) is 1. The van der Waals surface area contributed by atoms with Gasteiger partial charge in [0.1, 0.15) is 11.5 Å². The largest absolute Gasteiger partial charge is 0.469 e. The molecule has 1 aromatic heterocycles. The van der Waals surface area contributed by atoms with Crippen molar-refractivity contribution in [2.45, 2.75) is 12.8 Å². The number of hydrogen-bond donors (Lipinski definition) is 0. The van der Waals surface area contributed by atoms with Gasteiger partial charge in [0, 0.05) is 4.47 Å². The number of pyridine rings is 1. The smallest absolute Gasteiger partial charge is 0.311 e. The van der Waals surface area contributed by atoms with E-state index < -0.39 is 30.3 Å². The maximum Gasteiger partial charge on any atom is 0.311 e. The fourth-order valence-corrected chi connectivity index (χ4v) is 1.47. The van der Waals surface area contributed by atoms with Crippen molar-refractivity contribution in [3.05, 3.63) is 27.7 Å². The van der Waals surface area contributed by atoms with Crippen molar-refractivity contribution in [1.29, 1.82) is 0 Å². The molecule has 0 spiro atoms. The van der Waals surface area contributed by atoms with Gasteiger partial charge in [-0.2, -0.15) is 0 Å². The van der Waals surface area contributed by atoms with Gasteiger partial charge in [0.2, 0.25) is 0 Å². The molecule has 0 atom stereocenters. The van der Waals surface area contributed by atoms with Crippen LogP contribution in [0.4, 0.5) is 13.2 Å². The highest BCUT2D eigenvalue weighted by molar-refractivity contribution is 9.10. The van der Waals surface area contributed by atoms with Gasteiger partial charge in [-0.25, -0.2) is 18.2 Å². The van der Waals surface area contributed by atoms with E-state index in [9.17, 15) is 18.0 Å². The Kier molecular flexibility index (Phi) is 4.28. The Morgan fingerprint density at radius 1 is 1.62 bits per heavy atom. The molecule has 0 unspecified atom stereocenters. The van der Waals surface area contributed by atoms with E-state index in [2.05, 4.69) is 25.7 Å². The summed E-state index contributed by atoms with van der Waals surface area (Å²) in [6.07, 6.45) is -3.32. The molecule has 0 saturated carbocycles. The highest BCUT2D eigenvalue weighted by Crippen LogP contribution is 2.27. The average Bonchev–Trinajstić information content (AvgIpc) is 2.21. The molecule has 1 rings (SSSR count). The van der Waals surface area contributed by atoms with Gasteiger partial charge in [0.05, 0.1) is 19.2 Å². The molecular formula is C9H7BrF3NO2. The zero-order valence-electron chi connectivity index (χ0n) is 8.14. The average molecular weight is 298 g/mol. The van der Waals surface area contributed by atoms with E-state index >= 15 is 0 Å². The van der Waals surface area contributed by atoms with Crippen molar-refractivity contribution in [2.75, 3.05) is 7.11 Å². The van der Waals surface area contributed by atoms with Gasteiger partial charge in [-0.1, -0.05) is 0 Å². The second kappa shape index (κ2) is 5.29. The molecule has 7 heteroatoms. The second-order valence-electron chi connectivity index (χ2n) is 2.84. The number of carbonyl (C=O) groups excluding carboxylic acids is 1. The molecule has 0 amide bonds. The SMILES string of the molecule is COC(=O)Cc1nc(C(F)F)c(Br)cc1F. The molecular weight excluding hydrogens is 291 g/mol. The number of alkyl halides is 2. The maximum atomic E-state index is 13.2. The predicted molar refractivity (Wildman–Crippen MR) is 52.6 cm³/mol. The summed E-state index contributed by atoms with van der Waals surface area (Å²) < 4.78 is 42.3. The Morgan fingerprint density at radius 2 is 2.25 bits per heavy atom. The minimum absolute atomic E-state index is 0.131. The summed E-state index contributed by atoms with van der Waals surface area (Å²) in [5.41, 5.74) is -0.953. The Morgan fingerprint density at radius 3 is 2.75 bits per heavy atom. The van der Waals surface area contributed by atoms with Crippen LogP contribution >= 0.6 is 15.9 Å². The van der Waals surface area contributed by atoms with E-state index in [1.54, 1.807) is 0 Å². The van der Waals surface area contributed by atoms with E-state index in [4.69, 9.17) is 0 Å². The standard InChI is InChI=1S/C9H7BrF3NO2/c1-16-7(15)3-6-5(11)2-4(10)8(14-6)9(12)13/h2,9H,3H2,1H3. The highest BCUT2D eigenvalue weighted by Gasteiger charge is 2.19. The van der Waals surface area contributed by atoms with Crippen molar-refractivity contribution in [2.24, 2.45) is 0 Å². The molecule has 1 aromatic rings. The molecule has 0 saturated heterocycles. The molecule has 0 aromatic carbocycles. The number of hydrogen-bond acceptors (Lipinski definition) is 3. The van der Waals surface area contributed by atoms with Crippen LogP contribution in [0.15, 0.2) is 10.5 Å². The molecule has 0 aliphatic carbocycles. The summed E-state index contributed by atoms with van der Waals surface area (Å²) in [6.45, 7) is 0. The molecule has 3 nitrogen and oxygen atoms in total. The van der Waals surface area contributed by atoms with Crippen molar-refractivity contribution in [3.8, 4) is 0 Å². The normalized spacial score (nSPS) is 10.6. The van der Waals surface area contributed by atoms with Crippen LogP contribution in [-0.2, 0) is 16.0 Å². The van der Waals surface area contributed by atoms with Gasteiger partial charge in [-0.05, 0) is 22.0 Å². The maximum absolute atomic E-state index is 13.2. The number of carbonyl (C=O) groups is 1. The summed E-state index contributed by atoms with van der Waals surface area (Å²) in [5, 5.41) is 0. The fourth-order valence-electron chi connectivity index (χ4n) is 1.01. The predicted octanol–water partition coefficient (Wildman–Crippen LogP) is 2.64. The van der Waals surface area contributed by atoms with Crippen LogP contribution in [0.1, 0.15) is 17.8 Å². The van der Waals surface area contributed by atoms with E-state index in [0.717, 1.165) is 13.2 Å². The van der Waals surface area contributed by atoms with E-state index in [0.29, 0.717) is 0 Å². The monoisotopic (exact) mass is 297 g/mol. The lowest BCUT2D eigenvalue weighted by Gasteiger charge is -2.06. The van der Waals surface area contributed by atoms with Crippen LogP contribution in [-0.4, -0.2) is 18.1 Å². The first-order chi connectivity index (χ1) is 7.45. The van der Waals surface area contributed by atoms with Gasteiger partial charge in [-0.15, -0.1) is 0 Å². The van der Waals surface area contributed by atoms with E-state index in [-0.39, 0.29) is 10.2 Å². The Balaban J connectivity index is 3.09. The van der Waals surface area contributed by atoms with Crippen LogP contribution in [0, 0.1) is 5.82 Å². The molecule has 0 fully saturated rings. The first-order valence-electron chi connectivity index (χ1n) is 4.15. The molecule has 1 heterocycles. The van der Waals surface area contributed by atoms with E-state index in [1.807, 2.05) is 0 Å². The first kappa shape index (κ1) is 13.0. The van der Waals surface area contributed by atoms with Gasteiger partial charge < -0.3 is 4.74 Å². The zero-order valence-corrected chi connectivity index (χ0v) is 9.72. The summed E-state index contributed by atoms with van der Waals surface area (Å²) in [7, 11) is 1.12. The number of esters is 1. The number of nitrogens with zero attached hydrogens (tertiary/aromatic N) is 1. The van der Waals surface area contributed by atoms with Crippen LogP contribution in [0.5, 0.6) is 0 Å². The number of rotatable bonds is 3. The molecule has 0 radical (unpaired) electrons. The van der Waals surface area contributed by atoms with Crippen LogP contribution in [0.25, 0.3) is 0 Å². The van der Waals surface area contributed by atoms with Crippen LogP contribution in [0.3, 0.4) is 0 Å². The molecule has 88 valence electrons. The summed E-state index contributed by atoms with van der Waals surface area (Å²) in [6, 6.07) is 0.854. The number of methoxy groups -OCH3 is 1.